The Hall–Kier alpha value is -7.08. The number of nitrogens with zero attached hydrogens (tertiary/aromatic N) is 3. The van der Waals surface area contributed by atoms with Gasteiger partial charge in [0.2, 0.25) is 0 Å². The van der Waals surface area contributed by atoms with Crippen LogP contribution in [-0.2, 0) is 0 Å². The number of pyridine rings is 1. The van der Waals surface area contributed by atoms with Gasteiger partial charge >= 0.3 is 0 Å². The highest BCUT2D eigenvalue weighted by molar-refractivity contribution is 7.25. The summed E-state index contributed by atoms with van der Waals surface area (Å²) >= 11 is 1.84. The molecular formula is C50H29N3OS. The minimum absolute atomic E-state index is 0.869. The first-order valence-corrected chi connectivity index (χ1v) is 19.3. The lowest BCUT2D eigenvalue weighted by atomic mass is 9.91. The summed E-state index contributed by atoms with van der Waals surface area (Å²) in [6.07, 6.45) is 0. The molecule has 8 aromatic carbocycles. The van der Waals surface area contributed by atoms with Gasteiger partial charge in [0.25, 0.3) is 0 Å². The maximum absolute atomic E-state index is 6.83. The highest BCUT2D eigenvalue weighted by Crippen LogP contribution is 2.46. The van der Waals surface area contributed by atoms with Crippen LogP contribution in [0.3, 0.4) is 0 Å². The van der Waals surface area contributed by atoms with Crippen LogP contribution in [0, 0.1) is 0 Å². The lowest BCUT2D eigenvalue weighted by molar-refractivity contribution is 0.670. The SMILES string of the molecule is c1ccc(-n2c(-c3ccc(-c4cc5c(-c6ccc7sc8ccccc8c7c6)nc6ccccc6c5c5c4oc4ccccc45)cc3)nc3ccccc32)cc1. The lowest BCUT2D eigenvalue weighted by Crippen LogP contribution is -1.97. The Labute approximate surface area is 319 Å². The van der Waals surface area contributed by atoms with Gasteiger partial charge < -0.3 is 4.42 Å². The summed E-state index contributed by atoms with van der Waals surface area (Å²) in [5, 5.41) is 8.11. The standard InChI is InChI=1S/C50H29N3OS/c1-2-12-33(13-3-1)53-42-19-9-8-18-41(42)52-50(53)31-24-22-30(23-25-31)37-29-39-46(47-36-16-5-10-20-43(36)54-49(37)47)35-15-4-7-17-40(35)51-48(39)32-26-27-45-38(28-32)34-14-6-11-21-44(34)55-45/h1-29H. The summed E-state index contributed by atoms with van der Waals surface area (Å²) in [4.78, 5) is 10.6. The second kappa shape index (κ2) is 11.7. The van der Waals surface area contributed by atoms with E-state index in [1.807, 2.05) is 29.5 Å². The number of benzene rings is 8. The predicted octanol–water partition coefficient (Wildman–Crippen LogP) is 14.0. The van der Waals surface area contributed by atoms with Gasteiger partial charge in [-0.2, -0.15) is 0 Å². The average Bonchev–Trinajstić information content (AvgIpc) is 3.95. The topological polar surface area (TPSA) is 43.9 Å². The fourth-order valence-corrected chi connectivity index (χ4v) is 9.58. The normalized spacial score (nSPS) is 12.0. The van der Waals surface area contributed by atoms with Crippen LogP contribution >= 0.6 is 11.3 Å². The molecule has 55 heavy (non-hydrogen) atoms. The molecule has 0 aliphatic heterocycles. The summed E-state index contributed by atoms with van der Waals surface area (Å²) in [7, 11) is 0. The van der Waals surface area contributed by atoms with Gasteiger partial charge in [-0.25, -0.2) is 9.97 Å². The zero-order valence-corrected chi connectivity index (χ0v) is 30.2. The number of thiophene rings is 1. The van der Waals surface area contributed by atoms with Crippen LogP contribution in [-0.4, -0.2) is 14.5 Å². The van der Waals surface area contributed by atoms with E-state index in [2.05, 4.69) is 162 Å². The summed E-state index contributed by atoms with van der Waals surface area (Å²) in [5.41, 5.74) is 11.0. The molecule has 4 nitrogen and oxygen atoms in total. The number of para-hydroxylation sites is 5. The Bertz CT molecular complexity index is 3480. The molecule has 0 aliphatic carbocycles. The van der Waals surface area contributed by atoms with E-state index in [1.165, 1.54) is 20.2 Å². The monoisotopic (exact) mass is 719 g/mol. The van der Waals surface area contributed by atoms with Crippen molar-refractivity contribution >= 4 is 86.2 Å². The number of furan rings is 1. The van der Waals surface area contributed by atoms with Gasteiger partial charge in [0.05, 0.1) is 22.2 Å². The van der Waals surface area contributed by atoms with Crippen LogP contribution < -0.4 is 0 Å². The Morgan fingerprint density at radius 2 is 1.13 bits per heavy atom. The van der Waals surface area contributed by atoms with E-state index in [1.54, 1.807) is 0 Å². The maximum Gasteiger partial charge on any atom is 0.145 e. The first-order valence-electron chi connectivity index (χ1n) is 18.5. The molecule has 0 aliphatic rings. The van der Waals surface area contributed by atoms with Crippen molar-refractivity contribution in [2.24, 2.45) is 0 Å². The van der Waals surface area contributed by atoms with Crippen LogP contribution in [0.1, 0.15) is 0 Å². The molecule has 4 heterocycles. The highest BCUT2D eigenvalue weighted by Gasteiger charge is 2.22. The Morgan fingerprint density at radius 3 is 2.00 bits per heavy atom. The van der Waals surface area contributed by atoms with Crippen molar-refractivity contribution in [1.82, 2.24) is 14.5 Å². The molecule has 0 saturated carbocycles. The molecule has 0 radical (unpaired) electrons. The maximum atomic E-state index is 6.83. The number of hydrogen-bond acceptors (Lipinski definition) is 4. The summed E-state index contributed by atoms with van der Waals surface area (Å²) in [5.74, 6) is 0.903. The Balaban J connectivity index is 1.13. The minimum Gasteiger partial charge on any atom is -0.455 e. The molecule has 12 aromatic rings. The van der Waals surface area contributed by atoms with Gasteiger partial charge in [0.1, 0.15) is 17.0 Å². The van der Waals surface area contributed by atoms with Gasteiger partial charge in [-0.05, 0) is 66.2 Å². The Kier molecular flexibility index (Phi) is 6.47. The van der Waals surface area contributed by atoms with Gasteiger partial charge in [-0.1, -0.05) is 115 Å². The molecular weight excluding hydrogens is 691 g/mol. The van der Waals surface area contributed by atoms with E-state index >= 15 is 0 Å². The molecule has 0 spiro atoms. The quantitative estimate of drug-likeness (QED) is 0.170. The molecule has 0 fully saturated rings. The molecule has 0 bridgehead atoms. The predicted molar refractivity (Wildman–Crippen MR) is 230 cm³/mol. The number of aromatic nitrogens is 3. The van der Waals surface area contributed by atoms with Crippen molar-refractivity contribution < 1.29 is 4.42 Å². The minimum atomic E-state index is 0.869. The smallest absolute Gasteiger partial charge is 0.145 e. The first kappa shape index (κ1) is 30.4. The van der Waals surface area contributed by atoms with Crippen molar-refractivity contribution in [3.63, 3.8) is 0 Å². The van der Waals surface area contributed by atoms with Gasteiger partial charge in [0, 0.05) is 69.5 Å². The molecule has 12 rings (SSSR count). The van der Waals surface area contributed by atoms with Crippen molar-refractivity contribution in [3.8, 4) is 39.5 Å². The van der Waals surface area contributed by atoms with E-state index in [0.717, 1.165) is 94.1 Å². The van der Waals surface area contributed by atoms with Crippen molar-refractivity contribution in [1.29, 1.82) is 0 Å². The zero-order chi connectivity index (χ0) is 36.0. The number of fused-ring (bicyclic) bond motifs is 11. The van der Waals surface area contributed by atoms with Crippen molar-refractivity contribution in [2.45, 2.75) is 0 Å². The molecule has 0 amide bonds. The van der Waals surface area contributed by atoms with Crippen molar-refractivity contribution in [3.05, 3.63) is 176 Å². The molecule has 5 heteroatoms. The largest absolute Gasteiger partial charge is 0.455 e. The third-order valence-electron chi connectivity index (χ3n) is 11.0. The zero-order valence-electron chi connectivity index (χ0n) is 29.4. The number of imidazole rings is 1. The molecule has 256 valence electrons. The van der Waals surface area contributed by atoms with Gasteiger partial charge in [-0.3, -0.25) is 4.57 Å². The van der Waals surface area contributed by atoms with Crippen LogP contribution in [0.4, 0.5) is 0 Å². The lowest BCUT2D eigenvalue weighted by Gasteiger charge is -2.14. The summed E-state index contributed by atoms with van der Waals surface area (Å²) in [6, 6.07) is 62.3. The summed E-state index contributed by atoms with van der Waals surface area (Å²) < 4.78 is 11.6. The van der Waals surface area contributed by atoms with Crippen LogP contribution in [0.25, 0.3) is 114 Å². The Morgan fingerprint density at radius 1 is 0.455 bits per heavy atom. The fraction of sp³-hybridized carbons (Fsp3) is 0. The average molecular weight is 720 g/mol. The van der Waals surface area contributed by atoms with Crippen LogP contribution in [0.5, 0.6) is 0 Å². The highest BCUT2D eigenvalue weighted by atomic mass is 32.1. The van der Waals surface area contributed by atoms with E-state index in [4.69, 9.17) is 14.4 Å². The molecule has 0 unspecified atom stereocenters. The second-order valence-electron chi connectivity index (χ2n) is 14.1. The number of hydrogen-bond donors (Lipinski definition) is 0. The van der Waals surface area contributed by atoms with E-state index in [0.29, 0.717) is 0 Å². The second-order valence-corrected chi connectivity index (χ2v) is 15.2. The molecule has 0 saturated heterocycles. The fourth-order valence-electron chi connectivity index (χ4n) is 8.49. The molecule has 0 atom stereocenters. The number of rotatable bonds is 4. The van der Waals surface area contributed by atoms with Crippen molar-refractivity contribution in [2.75, 3.05) is 0 Å². The van der Waals surface area contributed by atoms with Gasteiger partial charge in [0.15, 0.2) is 0 Å². The van der Waals surface area contributed by atoms with E-state index in [-0.39, 0.29) is 0 Å². The third kappa shape index (κ3) is 4.57. The molecule has 0 N–H and O–H groups in total. The van der Waals surface area contributed by atoms with E-state index < -0.39 is 0 Å². The summed E-state index contributed by atoms with van der Waals surface area (Å²) in [6.45, 7) is 0. The van der Waals surface area contributed by atoms with Crippen LogP contribution in [0.2, 0.25) is 0 Å². The third-order valence-corrected chi connectivity index (χ3v) is 12.1. The van der Waals surface area contributed by atoms with E-state index in [9.17, 15) is 0 Å². The van der Waals surface area contributed by atoms with Gasteiger partial charge in [-0.15, -0.1) is 11.3 Å². The van der Waals surface area contributed by atoms with Crippen LogP contribution in [0.15, 0.2) is 180 Å². The molecule has 4 aromatic heterocycles. The first-order chi connectivity index (χ1) is 27.3.